The van der Waals surface area contributed by atoms with Crippen LogP contribution >= 0.6 is 0 Å². The lowest BCUT2D eigenvalue weighted by atomic mass is 10.0. The Morgan fingerprint density at radius 2 is 2.04 bits per heavy atom. The van der Waals surface area contributed by atoms with Gasteiger partial charge >= 0.3 is 0 Å². The molecule has 1 aliphatic rings. The van der Waals surface area contributed by atoms with Crippen LogP contribution in [-0.4, -0.2) is 34.1 Å². The summed E-state index contributed by atoms with van der Waals surface area (Å²) in [6.07, 6.45) is 7.98. The molecule has 0 amide bonds. The number of piperidine rings is 1. The van der Waals surface area contributed by atoms with E-state index in [-0.39, 0.29) is 6.04 Å². The van der Waals surface area contributed by atoms with E-state index in [9.17, 15) is 0 Å². The number of pyridine rings is 2. The molecule has 5 nitrogen and oxygen atoms in total. The Labute approximate surface area is 151 Å². The second-order valence-electron chi connectivity index (χ2n) is 7.01. The lowest BCUT2D eigenvalue weighted by Crippen LogP contribution is -2.42. The first kappa shape index (κ1) is 15.3. The van der Waals surface area contributed by atoms with Gasteiger partial charge in [0.05, 0.1) is 5.52 Å². The Bertz CT molecular complexity index is 1080. The molecule has 5 rings (SSSR count). The van der Waals surface area contributed by atoms with Gasteiger partial charge in [-0.3, -0.25) is 4.98 Å². The van der Waals surface area contributed by atoms with Crippen molar-refractivity contribution in [1.29, 1.82) is 0 Å². The Kier molecular flexibility index (Phi) is 3.60. The molecule has 3 aromatic heterocycles. The average molecular weight is 343 g/mol. The topological polar surface area (TPSA) is 70.8 Å². The monoisotopic (exact) mass is 343 g/mol. The predicted molar refractivity (Wildman–Crippen MR) is 106 cm³/mol. The number of anilines is 1. The van der Waals surface area contributed by atoms with Crippen LogP contribution in [0, 0.1) is 0 Å². The number of aromatic amines is 1. The number of nitrogens with zero attached hydrogens (tertiary/aromatic N) is 3. The number of aromatic nitrogens is 3. The van der Waals surface area contributed by atoms with Gasteiger partial charge in [0.25, 0.3) is 0 Å². The smallest absolute Gasteiger partial charge is 0.137 e. The minimum Gasteiger partial charge on any atom is -0.369 e. The molecule has 1 unspecified atom stereocenters. The number of fused-ring (bicyclic) bond motifs is 2. The third-order valence-electron chi connectivity index (χ3n) is 5.28. The summed E-state index contributed by atoms with van der Waals surface area (Å²) < 4.78 is 0. The Balaban J connectivity index is 1.66. The molecule has 26 heavy (non-hydrogen) atoms. The van der Waals surface area contributed by atoms with Crippen LogP contribution in [0.3, 0.4) is 0 Å². The van der Waals surface area contributed by atoms with Gasteiger partial charge in [-0.05, 0) is 48.7 Å². The summed E-state index contributed by atoms with van der Waals surface area (Å²) in [7, 11) is 0. The summed E-state index contributed by atoms with van der Waals surface area (Å²) >= 11 is 0. The third kappa shape index (κ3) is 2.52. The quantitative estimate of drug-likeness (QED) is 0.582. The number of hydrogen-bond acceptors (Lipinski definition) is 4. The molecule has 4 aromatic rings. The summed E-state index contributed by atoms with van der Waals surface area (Å²) in [5.41, 5.74) is 11.7. The van der Waals surface area contributed by atoms with E-state index in [4.69, 9.17) is 5.73 Å². The van der Waals surface area contributed by atoms with Crippen LogP contribution in [0.2, 0.25) is 0 Å². The molecule has 1 saturated heterocycles. The molecule has 0 saturated carbocycles. The molecule has 4 heterocycles. The predicted octanol–water partition coefficient (Wildman–Crippen LogP) is 3.71. The van der Waals surface area contributed by atoms with Crippen molar-refractivity contribution in [2.75, 3.05) is 18.0 Å². The van der Waals surface area contributed by atoms with Gasteiger partial charge in [0, 0.05) is 59.7 Å². The summed E-state index contributed by atoms with van der Waals surface area (Å²) in [5, 5.41) is 2.31. The van der Waals surface area contributed by atoms with Gasteiger partial charge in [-0.25, -0.2) is 4.98 Å². The Morgan fingerprint density at radius 1 is 1.08 bits per heavy atom. The molecule has 1 fully saturated rings. The fourth-order valence-corrected chi connectivity index (χ4v) is 4.00. The van der Waals surface area contributed by atoms with Crippen LogP contribution in [0.25, 0.3) is 33.1 Å². The van der Waals surface area contributed by atoms with Crippen molar-refractivity contribution < 1.29 is 0 Å². The second-order valence-corrected chi connectivity index (χ2v) is 7.01. The molecule has 1 aliphatic heterocycles. The fourth-order valence-electron chi connectivity index (χ4n) is 4.00. The van der Waals surface area contributed by atoms with Crippen LogP contribution in [0.4, 0.5) is 5.69 Å². The number of H-pyrrole nitrogens is 1. The van der Waals surface area contributed by atoms with Gasteiger partial charge in [-0.2, -0.15) is 0 Å². The van der Waals surface area contributed by atoms with E-state index in [2.05, 4.69) is 50.2 Å². The first-order chi connectivity index (χ1) is 12.8. The highest BCUT2D eigenvalue weighted by atomic mass is 15.2. The van der Waals surface area contributed by atoms with Gasteiger partial charge < -0.3 is 15.6 Å². The maximum atomic E-state index is 6.21. The first-order valence-corrected chi connectivity index (χ1v) is 9.11. The highest BCUT2D eigenvalue weighted by Gasteiger charge is 2.19. The third-order valence-corrected chi connectivity index (χ3v) is 5.28. The number of benzene rings is 1. The lowest BCUT2D eigenvalue weighted by Gasteiger charge is -2.33. The fraction of sp³-hybridized carbons (Fsp3) is 0.238. The van der Waals surface area contributed by atoms with Crippen LogP contribution < -0.4 is 10.6 Å². The normalized spacial score (nSPS) is 17.9. The maximum absolute atomic E-state index is 6.21. The van der Waals surface area contributed by atoms with E-state index in [0.717, 1.165) is 42.5 Å². The maximum Gasteiger partial charge on any atom is 0.137 e. The Hall–Kier alpha value is -2.92. The number of nitrogens with one attached hydrogen (secondary N) is 1. The minimum atomic E-state index is 0.245. The van der Waals surface area contributed by atoms with E-state index in [1.165, 1.54) is 22.2 Å². The van der Waals surface area contributed by atoms with Crippen molar-refractivity contribution >= 4 is 27.6 Å². The van der Waals surface area contributed by atoms with Gasteiger partial charge in [-0.15, -0.1) is 0 Å². The van der Waals surface area contributed by atoms with Crippen LogP contribution in [0.15, 0.2) is 55.0 Å². The number of hydrogen-bond donors (Lipinski definition) is 2. The molecule has 0 aliphatic carbocycles. The molecule has 130 valence electrons. The standard InChI is InChI=1S/C21H21N5/c22-15-3-2-10-26(13-15)20-7-9-23-19-6-5-14(11-17(19)20)18-12-25-21-16(18)4-1-8-24-21/h1,4-9,11-12,15H,2-3,10,13,22H2,(H,24,25). The summed E-state index contributed by atoms with van der Waals surface area (Å²) in [5.74, 6) is 0. The SMILES string of the molecule is NC1CCCN(c2ccnc3ccc(-c4c[nH]c5ncccc45)cc23)C1. The Morgan fingerprint density at radius 3 is 2.96 bits per heavy atom. The number of nitrogens with two attached hydrogens (primary N) is 1. The number of rotatable bonds is 2. The highest BCUT2D eigenvalue weighted by Crippen LogP contribution is 2.33. The molecule has 0 bridgehead atoms. The van der Waals surface area contributed by atoms with Crippen molar-refractivity contribution in [2.24, 2.45) is 5.73 Å². The van der Waals surface area contributed by atoms with E-state index in [1.54, 1.807) is 0 Å². The summed E-state index contributed by atoms with van der Waals surface area (Å²) in [4.78, 5) is 14.6. The highest BCUT2D eigenvalue weighted by molar-refractivity contribution is 5.99. The van der Waals surface area contributed by atoms with E-state index < -0.39 is 0 Å². The zero-order valence-corrected chi connectivity index (χ0v) is 14.5. The second kappa shape index (κ2) is 6.11. The molecular formula is C21H21N5. The summed E-state index contributed by atoms with van der Waals surface area (Å²) in [6.45, 7) is 1.95. The van der Waals surface area contributed by atoms with Crippen molar-refractivity contribution in [2.45, 2.75) is 18.9 Å². The molecular weight excluding hydrogens is 322 g/mol. The van der Waals surface area contributed by atoms with Crippen molar-refractivity contribution in [1.82, 2.24) is 15.0 Å². The van der Waals surface area contributed by atoms with Crippen LogP contribution in [-0.2, 0) is 0 Å². The molecule has 5 heteroatoms. The van der Waals surface area contributed by atoms with Crippen molar-refractivity contribution in [3.8, 4) is 11.1 Å². The van der Waals surface area contributed by atoms with Gasteiger partial charge in [0.1, 0.15) is 5.65 Å². The van der Waals surface area contributed by atoms with Crippen molar-refractivity contribution in [3.05, 3.63) is 55.0 Å². The zero-order chi connectivity index (χ0) is 17.5. The largest absolute Gasteiger partial charge is 0.369 e. The molecule has 3 N–H and O–H groups in total. The van der Waals surface area contributed by atoms with Gasteiger partial charge in [-0.1, -0.05) is 6.07 Å². The first-order valence-electron chi connectivity index (χ1n) is 9.11. The zero-order valence-electron chi connectivity index (χ0n) is 14.5. The van der Waals surface area contributed by atoms with Crippen molar-refractivity contribution in [3.63, 3.8) is 0 Å². The van der Waals surface area contributed by atoms with E-state index in [0.29, 0.717) is 0 Å². The molecule has 1 atom stereocenters. The van der Waals surface area contributed by atoms with E-state index in [1.807, 2.05) is 24.7 Å². The minimum absolute atomic E-state index is 0.245. The molecule has 1 aromatic carbocycles. The van der Waals surface area contributed by atoms with Gasteiger partial charge in [0.2, 0.25) is 0 Å². The molecule has 0 radical (unpaired) electrons. The molecule has 0 spiro atoms. The van der Waals surface area contributed by atoms with Gasteiger partial charge in [0.15, 0.2) is 0 Å². The van der Waals surface area contributed by atoms with Crippen LogP contribution in [0.1, 0.15) is 12.8 Å². The van der Waals surface area contributed by atoms with Crippen LogP contribution in [0.5, 0.6) is 0 Å². The average Bonchev–Trinajstić information content (AvgIpc) is 3.11. The van der Waals surface area contributed by atoms with E-state index >= 15 is 0 Å². The lowest BCUT2D eigenvalue weighted by molar-refractivity contribution is 0.507. The summed E-state index contributed by atoms with van der Waals surface area (Å²) in [6, 6.07) is 12.9.